The number of benzene rings is 1. The summed E-state index contributed by atoms with van der Waals surface area (Å²) in [6.07, 6.45) is 0. The van der Waals surface area contributed by atoms with Crippen LogP contribution in [0.5, 0.6) is 0 Å². The molecular weight excluding hydrogens is 297 g/mol. The quantitative estimate of drug-likeness (QED) is 0.920. The molecule has 0 aliphatic rings. The minimum Gasteiger partial charge on any atom is -0.307 e. The molecule has 108 valence electrons. The maximum Gasteiger partial charge on any atom is 0.173 e. The smallest absolute Gasteiger partial charge is 0.173 e. The van der Waals surface area contributed by atoms with Crippen LogP contribution >= 0.6 is 23.2 Å². The first-order valence-corrected chi connectivity index (χ1v) is 7.21. The van der Waals surface area contributed by atoms with Crippen molar-refractivity contribution < 1.29 is 0 Å². The van der Waals surface area contributed by atoms with Gasteiger partial charge in [-0.05, 0) is 48.0 Å². The minimum absolute atomic E-state index is 0.0270. The van der Waals surface area contributed by atoms with E-state index in [1.54, 1.807) is 22.9 Å². The van der Waals surface area contributed by atoms with Crippen molar-refractivity contribution in [1.29, 1.82) is 0 Å². The van der Waals surface area contributed by atoms with Crippen LogP contribution in [-0.2, 0) is 0 Å². The summed E-state index contributed by atoms with van der Waals surface area (Å²) >= 11 is 12.1. The first-order valence-electron chi connectivity index (χ1n) is 6.46. The molecule has 0 saturated heterocycles. The summed E-state index contributed by atoms with van der Waals surface area (Å²) in [4.78, 5) is 0. The lowest BCUT2D eigenvalue weighted by molar-refractivity contribution is 0.475. The van der Waals surface area contributed by atoms with Gasteiger partial charge in [0, 0.05) is 5.02 Å². The van der Waals surface area contributed by atoms with E-state index in [9.17, 15) is 0 Å². The van der Waals surface area contributed by atoms with Crippen LogP contribution in [0, 0.1) is 5.92 Å². The number of hydrogen-bond donors (Lipinski definition) is 1. The molecule has 2 aromatic rings. The van der Waals surface area contributed by atoms with Crippen molar-refractivity contribution in [1.82, 2.24) is 25.5 Å². The van der Waals surface area contributed by atoms with E-state index in [2.05, 4.69) is 34.7 Å². The van der Waals surface area contributed by atoms with Crippen molar-refractivity contribution in [3.63, 3.8) is 0 Å². The molecule has 1 unspecified atom stereocenters. The predicted molar refractivity (Wildman–Crippen MR) is 80.4 cm³/mol. The van der Waals surface area contributed by atoms with Gasteiger partial charge >= 0.3 is 0 Å². The molecule has 2 rings (SSSR count). The lowest BCUT2D eigenvalue weighted by Gasteiger charge is -2.15. The molecule has 20 heavy (non-hydrogen) atoms. The Labute approximate surface area is 128 Å². The first kappa shape index (κ1) is 15.2. The molecule has 0 bridgehead atoms. The Morgan fingerprint density at radius 3 is 2.65 bits per heavy atom. The van der Waals surface area contributed by atoms with E-state index >= 15 is 0 Å². The third-order valence-corrected chi connectivity index (χ3v) is 3.39. The molecule has 0 aliphatic heterocycles. The highest BCUT2D eigenvalue weighted by molar-refractivity contribution is 6.35. The van der Waals surface area contributed by atoms with Crippen molar-refractivity contribution >= 4 is 23.2 Å². The van der Waals surface area contributed by atoms with E-state index in [1.807, 2.05) is 6.92 Å². The molecule has 0 fully saturated rings. The van der Waals surface area contributed by atoms with Gasteiger partial charge < -0.3 is 5.32 Å². The summed E-state index contributed by atoms with van der Waals surface area (Å²) in [5.74, 6) is 1.27. The fraction of sp³-hybridized carbons (Fsp3) is 0.462. The van der Waals surface area contributed by atoms with Gasteiger partial charge in [-0.25, -0.2) is 0 Å². The van der Waals surface area contributed by atoms with Crippen LogP contribution in [0.4, 0.5) is 0 Å². The van der Waals surface area contributed by atoms with E-state index in [4.69, 9.17) is 23.2 Å². The Kier molecular flexibility index (Phi) is 4.96. The zero-order chi connectivity index (χ0) is 14.7. The van der Waals surface area contributed by atoms with Crippen molar-refractivity contribution in [3.8, 4) is 5.69 Å². The van der Waals surface area contributed by atoms with Crippen molar-refractivity contribution in [3.05, 3.63) is 34.1 Å². The van der Waals surface area contributed by atoms with E-state index in [0.29, 0.717) is 21.7 Å². The molecule has 0 aliphatic carbocycles. The van der Waals surface area contributed by atoms with Crippen LogP contribution < -0.4 is 5.32 Å². The Hall–Kier alpha value is -1.17. The highest BCUT2D eigenvalue weighted by atomic mass is 35.5. The third kappa shape index (κ3) is 3.48. The second-order valence-electron chi connectivity index (χ2n) is 5.07. The van der Waals surface area contributed by atoms with Crippen LogP contribution in [0.25, 0.3) is 5.69 Å². The normalized spacial score (nSPS) is 12.9. The van der Waals surface area contributed by atoms with Gasteiger partial charge in [0.05, 0.1) is 16.8 Å². The zero-order valence-electron chi connectivity index (χ0n) is 11.6. The standard InChI is InChI=1S/C13H17Cl2N5/c1-8(2)7-16-9(3)13-17-18-19-20(13)12-5-4-10(14)6-11(12)15/h4-6,8-9,16H,7H2,1-3H3. The number of aromatic nitrogens is 4. The fourth-order valence-electron chi connectivity index (χ4n) is 1.79. The molecule has 7 heteroatoms. The summed E-state index contributed by atoms with van der Waals surface area (Å²) in [7, 11) is 0. The van der Waals surface area contributed by atoms with Gasteiger partial charge in [-0.15, -0.1) is 5.10 Å². The molecule has 1 atom stereocenters. The monoisotopic (exact) mass is 313 g/mol. The lowest BCUT2D eigenvalue weighted by atomic mass is 10.2. The number of nitrogens with one attached hydrogen (secondary N) is 1. The Morgan fingerprint density at radius 1 is 1.25 bits per heavy atom. The van der Waals surface area contributed by atoms with Crippen LogP contribution in [0.2, 0.25) is 10.0 Å². The second-order valence-corrected chi connectivity index (χ2v) is 5.91. The van der Waals surface area contributed by atoms with Crippen LogP contribution in [0.1, 0.15) is 32.6 Å². The Bertz CT molecular complexity index is 582. The zero-order valence-corrected chi connectivity index (χ0v) is 13.2. The maximum absolute atomic E-state index is 6.20. The van der Waals surface area contributed by atoms with Gasteiger partial charge in [-0.1, -0.05) is 37.0 Å². The lowest BCUT2D eigenvalue weighted by Crippen LogP contribution is -2.25. The molecule has 1 N–H and O–H groups in total. The summed E-state index contributed by atoms with van der Waals surface area (Å²) < 4.78 is 1.64. The van der Waals surface area contributed by atoms with Gasteiger partial charge in [0.2, 0.25) is 0 Å². The van der Waals surface area contributed by atoms with E-state index in [-0.39, 0.29) is 6.04 Å². The van der Waals surface area contributed by atoms with Gasteiger partial charge in [0.15, 0.2) is 5.82 Å². The van der Waals surface area contributed by atoms with E-state index < -0.39 is 0 Å². The topological polar surface area (TPSA) is 55.6 Å². The number of nitrogens with zero attached hydrogens (tertiary/aromatic N) is 4. The van der Waals surface area contributed by atoms with Crippen LogP contribution in [0.15, 0.2) is 18.2 Å². The van der Waals surface area contributed by atoms with Gasteiger partial charge in [-0.3, -0.25) is 0 Å². The van der Waals surface area contributed by atoms with Gasteiger partial charge in [-0.2, -0.15) is 4.68 Å². The van der Waals surface area contributed by atoms with Crippen molar-refractivity contribution in [2.75, 3.05) is 6.54 Å². The maximum atomic E-state index is 6.20. The fourth-order valence-corrected chi connectivity index (χ4v) is 2.28. The van der Waals surface area contributed by atoms with E-state index in [0.717, 1.165) is 12.4 Å². The molecule has 0 amide bonds. The predicted octanol–water partition coefficient (Wildman–Crippen LogP) is 3.28. The third-order valence-electron chi connectivity index (χ3n) is 2.85. The summed E-state index contributed by atoms with van der Waals surface area (Å²) in [6.45, 7) is 7.22. The Morgan fingerprint density at radius 2 is 2.00 bits per heavy atom. The van der Waals surface area contributed by atoms with Gasteiger partial charge in [0.1, 0.15) is 0 Å². The summed E-state index contributed by atoms with van der Waals surface area (Å²) in [5, 5.41) is 16.3. The number of tetrazole rings is 1. The van der Waals surface area contributed by atoms with Crippen LogP contribution in [0.3, 0.4) is 0 Å². The SMILES string of the molecule is CC(C)CNC(C)c1nnnn1-c1ccc(Cl)cc1Cl. The summed E-state index contributed by atoms with van der Waals surface area (Å²) in [5.41, 5.74) is 0.717. The highest BCUT2D eigenvalue weighted by Gasteiger charge is 2.17. The Balaban J connectivity index is 2.28. The molecular formula is C13H17Cl2N5. The van der Waals surface area contributed by atoms with Crippen LogP contribution in [-0.4, -0.2) is 26.8 Å². The average molecular weight is 314 g/mol. The minimum atomic E-state index is 0.0270. The largest absolute Gasteiger partial charge is 0.307 e. The molecule has 1 aromatic carbocycles. The molecule has 0 radical (unpaired) electrons. The number of rotatable bonds is 5. The number of halogens is 2. The average Bonchev–Trinajstić information content (AvgIpc) is 2.85. The van der Waals surface area contributed by atoms with Crippen molar-refractivity contribution in [2.24, 2.45) is 5.92 Å². The van der Waals surface area contributed by atoms with Gasteiger partial charge in [0.25, 0.3) is 0 Å². The van der Waals surface area contributed by atoms with Crippen molar-refractivity contribution in [2.45, 2.75) is 26.8 Å². The highest BCUT2D eigenvalue weighted by Crippen LogP contribution is 2.25. The van der Waals surface area contributed by atoms with E-state index in [1.165, 1.54) is 0 Å². The second kappa shape index (κ2) is 6.52. The molecule has 0 spiro atoms. The molecule has 1 aromatic heterocycles. The molecule has 0 saturated carbocycles. The first-order chi connectivity index (χ1) is 9.49. The summed E-state index contributed by atoms with van der Waals surface area (Å²) in [6, 6.07) is 5.27. The number of hydrogen-bond acceptors (Lipinski definition) is 4. The molecule has 5 nitrogen and oxygen atoms in total. The molecule has 1 heterocycles.